The predicted molar refractivity (Wildman–Crippen MR) is 53.6 cm³/mol. The molecule has 1 saturated heterocycles. The lowest BCUT2D eigenvalue weighted by atomic mass is 9.94. The molecule has 1 fully saturated rings. The Morgan fingerprint density at radius 2 is 2.00 bits per heavy atom. The summed E-state index contributed by atoms with van der Waals surface area (Å²) in [6.45, 7) is 7.01. The van der Waals surface area contributed by atoms with Crippen LogP contribution in [0.15, 0.2) is 0 Å². The van der Waals surface area contributed by atoms with E-state index in [4.69, 9.17) is 0 Å². The molecule has 1 rings (SSSR count). The van der Waals surface area contributed by atoms with Gasteiger partial charge in [0.15, 0.2) is 0 Å². The van der Waals surface area contributed by atoms with Crippen LogP contribution < -0.4 is 0 Å². The number of nitrogens with zero attached hydrogens (tertiary/aromatic N) is 2. The maximum absolute atomic E-state index is 11.8. The van der Waals surface area contributed by atoms with Crippen LogP contribution in [0, 0.1) is 0 Å². The molecular weight excluding hydrogens is 164 g/mol. The first-order valence-corrected chi connectivity index (χ1v) is 4.89. The topological polar surface area (TPSA) is 23.6 Å². The number of hydrogen-bond acceptors (Lipinski definition) is 2. The second-order valence-electron chi connectivity index (χ2n) is 4.42. The number of amides is 1. The number of carbonyl (C=O) groups excluding carboxylic acids is 1. The van der Waals surface area contributed by atoms with E-state index in [9.17, 15) is 4.79 Å². The van der Waals surface area contributed by atoms with Crippen molar-refractivity contribution < 1.29 is 4.79 Å². The van der Waals surface area contributed by atoms with Crippen molar-refractivity contribution in [3.05, 3.63) is 0 Å². The van der Waals surface area contributed by atoms with Crippen LogP contribution in [0.1, 0.15) is 27.2 Å². The maximum Gasteiger partial charge on any atom is 0.242 e. The van der Waals surface area contributed by atoms with Gasteiger partial charge in [0.2, 0.25) is 5.91 Å². The van der Waals surface area contributed by atoms with Crippen LogP contribution in [0.3, 0.4) is 0 Å². The van der Waals surface area contributed by atoms with Crippen LogP contribution in [0.4, 0.5) is 0 Å². The Hall–Kier alpha value is -0.570. The fourth-order valence-corrected chi connectivity index (χ4v) is 2.00. The molecule has 1 unspecified atom stereocenters. The summed E-state index contributed by atoms with van der Waals surface area (Å²) in [6.07, 6.45) is 1.09. The van der Waals surface area contributed by atoms with Gasteiger partial charge in [0.05, 0.1) is 5.54 Å². The van der Waals surface area contributed by atoms with Crippen molar-refractivity contribution in [3.8, 4) is 0 Å². The van der Waals surface area contributed by atoms with Gasteiger partial charge in [-0.15, -0.1) is 0 Å². The van der Waals surface area contributed by atoms with Crippen LogP contribution in [-0.2, 0) is 4.79 Å². The largest absolute Gasteiger partial charge is 0.343 e. The molecule has 1 aliphatic heterocycles. The zero-order valence-corrected chi connectivity index (χ0v) is 9.29. The molecule has 1 amide bonds. The van der Waals surface area contributed by atoms with Gasteiger partial charge in [0.25, 0.3) is 0 Å². The minimum Gasteiger partial charge on any atom is -0.343 e. The van der Waals surface area contributed by atoms with Crippen LogP contribution in [0.25, 0.3) is 0 Å². The molecule has 0 bridgehead atoms. The second-order valence-corrected chi connectivity index (χ2v) is 4.42. The zero-order valence-electron chi connectivity index (χ0n) is 9.29. The molecule has 0 aromatic heterocycles. The maximum atomic E-state index is 11.8. The van der Waals surface area contributed by atoms with Gasteiger partial charge in [-0.3, -0.25) is 9.69 Å². The Balaban J connectivity index is 2.88. The normalized spacial score (nSPS) is 29.5. The van der Waals surface area contributed by atoms with Crippen molar-refractivity contribution in [3.63, 3.8) is 0 Å². The van der Waals surface area contributed by atoms with E-state index in [2.05, 4.69) is 11.8 Å². The van der Waals surface area contributed by atoms with Gasteiger partial charge >= 0.3 is 0 Å². The van der Waals surface area contributed by atoms with Crippen LogP contribution in [-0.4, -0.2) is 47.9 Å². The molecule has 0 aliphatic carbocycles. The third-order valence-electron chi connectivity index (χ3n) is 3.26. The van der Waals surface area contributed by atoms with Crippen LogP contribution in [0.2, 0.25) is 0 Å². The zero-order chi connectivity index (χ0) is 10.2. The van der Waals surface area contributed by atoms with E-state index >= 15 is 0 Å². The first kappa shape index (κ1) is 10.5. The van der Waals surface area contributed by atoms with Gasteiger partial charge in [-0.2, -0.15) is 0 Å². The van der Waals surface area contributed by atoms with E-state index in [0.717, 1.165) is 13.0 Å². The predicted octanol–water partition coefficient (Wildman–Crippen LogP) is 0.947. The molecule has 76 valence electrons. The van der Waals surface area contributed by atoms with E-state index in [1.54, 1.807) is 0 Å². The highest BCUT2D eigenvalue weighted by Crippen LogP contribution is 2.24. The molecule has 0 aromatic rings. The fourth-order valence-electron chi connectivity index (χ4n) is 2.00. The number of carbonyl (C=O) groups is 1. The smallest absolute Gasteiger partial charge is 0.242 e. The highest BCUT2D eigenvalue weighted by atomic mass is 16.2. The SMILES string of the molecule is CCC1CN(C)C(=O)C(C)(C)N1C. The molecule has 1 atom stereocenters. The lowest BCUT2D eigenvalue weighted by Crippen LogP contribution is -2.64. The lowest BCUT2D eigenvalue weighted by molar-refractivity contribution is -0.149. The lowest BCUT2D eigenvalue weighted by Gasteiger charge is -2.47. The average molecular weight is 184 g/mol. The van der Waals surface area contributed by atoms with Crippen molar-refractivity contribution in [2.75, 3.05) is 20.6 Å². The summed E-state index contributed by atoms with van der Waals surface area (Å²) in [5, 5.41) is 0. The second kappa shape index (κ2) is 3.29. The van der Waals surface area contributed by atoms with Crippen molar-refractivity contribution in [2.45, 2.75) is 38.8 Å². The highest BCUT2D eigenvalue weighted by Gasteiger charge is 2.42. The van der Waals surface area contributed by atoms with Gasteiger partial charge in [0.1, 0.15) is 0 Å². The molecule has 0 aromatic carbocycles. The Morgan fingerprint density at radius 3 is 2.46 bits per heavy atom. The quantitative estimate of drug-likeness (QED) is 0.605. The molecular formula is C10H20N2O. The first-order chi connectivity index (χ1) is 5.91. The number of piperazine rings is 1. The molecule has 1 heterocycles. The van der Waals surface area contributed by atoms with Crippen LogP contribution >= 0.6 is 0 Å². The standard InChI is InChI=1S/C10H20N2O/c1-6-8-7-11(4)9(13)10(2,3)12(8)5/h8H,6-7H2,1-5H3. The van der Waals surface area contributed by atoms with Gasteiger partial charge in [-0.05, 0) is 27.3 Å². The molecule has 13 heavy (non-hydrogen) atoms. The molecule has 0 saturated carbocycles. The summed E-state index contributed by atoms with van der Waals surface area (Å²) in [5.41, 5.74) is -0.340. The monoisotopic (exact) mass is 184 g/mol. The molecule has 0 radical (unpaired) electrons. The summed E-state index contributed by atoms with van der Waals surface area (Å²) in [4.78, 5) is 15.8. The van der Waals surface area contributed by atoms with Crippen molar-refractivity contribution >= 4 is 5.91 Å². The minimum absolute atomic E-state index is 0.222. The summed E-state index contributed by atoms with van der Waals surface area (Å²) in [5.74, 6) is 0.222. The van der Waals surface area contributed by atoms with Gasteiger partial charge in [-0.25, -0.2) is 0 Å². The summed E-state index contributed by atoms with van der Waals surface area (Å²) < 4.78 is 0. The molecule has 3 nitrogen and oxygen atoms in total. The first-order valence-electron chi connectivity index (χ1n) is 4.89. The molecule has 0 spiro atoms. The summed E-state index contributed by atoms with van der Waals surface area (Å²) >= 11 is 0. The third kappa shape index (κ3) is 1.57. The van der Waals surface area contributed by atoms with E-state index in [1.807, 2.05) is 32.8 Å². The van der Waals surface area contributed by atoms with Gasteiger partial charge in [-0.1, -0.05) is 6.92 Å². The Morgan fingerprint density at radius 1 is 1.46 bits per heavy atom. The van der Waals surface area contributed by atoms with E-state index in [-0.39, 0.29) is 11.4 Å². The van der Waals surface area contributed by atoms with E-state index in [0.29, 0.717) is 6.04 Å². The number of likely N-dealkylation sites (N-methyl/N-ethyl adjacent to an activating group) is 2. The molecule has 1 aliphatic rings. The average Bonchev–Trinajstić information content (AvgIpc) is 2.09. The summed E-state index contributed by atoms with van der Waals surface area (Å²) in [6, 6.07) is 0.498. The number of hydrogen-bond donors (Lipinski definition) is 0. The van der Waals surface area contributed by atoms with E-state index in [1.165, 1.54) is 0 Å². The Bertz CT molecular complexity index is 213. The minimum atomic E-state index is -0.340. The van der Waals surface area contributed by atoms with Crippen molar-refractivity contribution in [1.82, 2.24) is 9.80 Å². The third-order valence-corrected chi connectivity index (χ3v) is 3.26. The molecule has 0 N–H and O–H groups in total. The van der Waals surface area contributed by atoms with Gasteiger partial charge < -0.3 is 4.90 Å². The summed E-state index contributed by atoms with van der Waals surface area (Å²) in [7, 11) is 3.93. The highest BCUT2D eigenvalue weighted by molar-refractivity contribution is 5.86. The Kier molecular flexibility index (Phi) is 2.66. The number of rotatable bonds is 1. The van der Waals surface area contributed by atoms with Crippen molar-refractivity contribution in [1.29, 1.82) is 0 Å². The molecule has 3 heteroatoms. The fraction of sp³-hybridized carbons (Fsp3) is 0.900. The van der Waals surface area contributed by atoms with Gasteiger partial charge in [0, 0.05) is 19.6 Å². The van der Waals surface area contributed by atoms with E-state index < -0.39 is 0 Å². The van der Waals surface area contributed by atoms with Crippen LogP contribution in [0.5, 0.6) is 0 Å². The Labute approximate surface area is 80.7 Å². The van der Waals surface area contributed by atoms with Crippen molar-refractivity contribution in [2.24, 2.45) is 0 Å².